The normalized spacial score (nSPS) is 23.2. The topological polar surface area (TPSA) is 37.4 Å². The van der Waals surface area contributed by atoms with Gasteiger partial charge >= 0.3 is 0 Å². The van der Waals surface area contributed by atoms with Gasteiger partial charge in [0.05, 0.1) is 10.9 Å². The maximum atomic E-state index is 13.5. The van der Waals surface area contributed by atoms with Gasteiger partial charge < -0.3 is 0 Å². The number of hydrogen-bond acceptors (Lipinski definition) is 3. The number of rotatable bonds is 4. The fourth-order valence-electron chi connectivity index (χ4n) is 4.62. The lowest BCUT2D eigenvalue weighted by Gasteiger charge is -2.29. The average molecular weight is 404 g/mol. The van der Waals surface area contributed by atoms with Gasteiger partial charge in [-0.15, -0.1) is 11.3 Å². The summed E-state index contributed by atoms with van der Waals surface area (Å²) in [6.07, 6.45) is 10.5. The van der Waals surface area contributed by atoms with Crippen LogP contribution in [0.1, 0.15) is 80.2 Å². The van der Waals surface area contributed by atoms with Crippen molar-refractivity contribution >= 4 is 21.4 Å². The van der Waals surface area contributed by atoms with Gasteiger partial charge in [0.15, 0.2) is 0 Å². The maximum Gasteiger partial charge on any atom is 0.243 e. The molecule has 3 nitrogen and oxygen atoms in total. The molecule has 4 rings (SSSR count). The second-order valence-corrected chi connectivity index (χ2v) is 10.8. The molecule has 1 aliphatic heterocycles. The second-order valence-electron chi connectivity index (χ2n) is 7.90. The number of sulfonamides is 1. The minimum Gasteiger partial charge on any atom is -0.207 e. The highest BCUT2D eigenvalue weighted by atomic mass is 32.2. The van der Waals surface area contributed by atoms with Crippen molar-refractivity contribution in [3.8, 4) is 0 Å². The van der Waals surface area contributed by atoms with E-state index < -0.39 is 10.0 Å². The van der Waals surface area contributed by atoms with E-state index in [2.05, 4.69) is 18.2 Å². The lowest BCUT2D eigenvalue weighted by molar-refractivity contribution is 0.333. The minimum absolute atomic E-state index is 0.0180. The summed E-state index contributed by atoms with van der Waals surface area (Å²) in [6.45, 7) is 0.620. The van der Waals surface area contributed by atoms with Crippen molar-refractivity contribution < 1.29 is 8.42 Å². The first kappa shape index (κ1) is 19.2. The highest BCUT2D eigenvalue weighted by molar-refractivity contribution is 7.89. The van der Waals surface area contributed by atoms with Crippen molar-refractivity contribution in [2.75, 3.05) is 6.54 Å². The van der Waals surface area contributed by atoms with E-state index in [1.54, 1.807) is 15.6 Å². The largest absolute Gasteiger partial charge is 0.243 e. The van der Waals surface area contributed by atoms with Gasteiger partial charge in [0, 0.05) is 11.4 Å². The molecule has 2 aliphatic rings. The van der Waals surface area contributed by atoms with E-state index in [0.29, 0.717) is 17.4 Å². The first-order chi connectivity index (χ1) is 13.2. The Morgan fingerprint density at radius 1 is 0.852 bits per heavy atom. The van der Waals surface area contributed by atoms with Crippen LogP contribution >= 0.6 is 11.3 Å². The summed E-state index contributed by atoms with van der Waals surface area (Å²) in [5, 5.41) is 2.05. The van der Waals surface area contributed by atoms with Crippen LogP contribution in [0.15, 0.2) is 46.7 Å². The Labute approximate surface area is 167 Å². The molecule has 27 heavy (non-hydrogen) atoms. The third kappa shape index (κ3) is 4.15. The molecule has 1 saturated carbocycles. The molecular weight excluding hydrogens is 374 g/mol. The molecule has 2 heterocycles. The highest BCUT2D eigenvalue weighted by Crippen LogP contribution is 2.37. The van der Waals surface area contributed by atoms with E-state index >= 15 is 0 Å². The predicted molar refractivity (Wildman–Crippen MR) is 112 cm³/mol. The maximum absolute atomic E-state index is 13.5. The zero-order chi connectivity index (χ0) is 18.7. The average Bonchev–Trinajstić information content (AvgIpc) is 3.12. The van der Waals surface area contributed by atoms with Crippen LogP contribution < -0.4 is 0 Å². The van der Waals surface area contributed by atoms with Gasteiger partial charge in [0.2, 0.25) is 10.0 Å². The molecule has 0 unspecified atom stereocenters. The predicted octanol–water partition coefficient (Wildman–Crippen LogP) is 6.10. The molecule has 1 aliphatic carbocycles. The zero-order valence-corrected chi connectivity index (χ0v) is 17.5. The number of nitrogens with zero attached hydrogens (tertiary/aromatic N) is 1. The molecule has 2 aromatic rings. The van der Waals surface area contributed by atoms with Crippen molar-refractivity contribution in [3.63, 3.8) is 0 Å². The molecular formula is C22H29NO2S2. The summed E-state index contributed by atoms with van der Waals surface area (Å²) >= 11 is 1.67. The van der Waals surface area contributed by atoms with Gasteiger partial charge in [-0.1, -0.05) is 50.3 Å². The fraction of sp³-hybridized carbons (Fsp3) is 0.545. The third-order valence-corrected chi connectivity index (χ3v) is 9.03. The third-order valence-electron chi connectivity index (χ3n) is 6.14. The van der Waals surface area contributed by atoms with Crippen molar-refractivity contribution in [1.29, 1.82) is 0 Å². The van der Waals surface area contributed by atoms with Crippen LogP contribution in [0, 0.1) is 0 Å². The standard InChI is InChI=1S/C22H29NO2S2/c24-27(25,20-14-12-19(13-15-20)18-8-3-1-4-9-18)23-16-6-2-5-10-21(23)22-11-7-17-26-22/h7,11-15,17-18,21H,1-6,8-10,16H2/t21-/m1/s1. The summed E-state index contributed by atoms with van der Waals surface area (Å²) in [4.78, 5) is 1.62. The van der Waals surface area contributed by atoms with Gasteiger partial charge in [-0.05, 0) is 60.7 Å². The van der Waals surface area contributed by atoms with E-state index in [4.69, 9.17) is 0 Å². The lowest BCUT2D eigenvalue weighted by atomic mass is 9.84. The van der Waals surface area contributed by atoms with Gasteiger partial charge in [0.1, 0.15) is 0 Å². The molecule has 146 valence electrons. The fourth-order valence-corrected chi connectivity index (χ4v) is 7.23. The van der Waals surface area contributed by atoms with Crippen LogP contribution in [-0.4, -0.2) is 19.3 Å². The monoisotopic (exact) mass is 403 g/mol. The molecule has 0 amide bonds. The van der Waals surface area contributed by atoms with E-state index in [1.165, 1.54) is 42.5 Å². The Hall–Kier alpha value is -1.17. The lowest BCUT2D eigenvalue weighted by Crippen LogP contribution is -2.34. The Morgan fingerprint density at radius 2 is 1.56 bits per heavy atom. The second kappa shape index (κ2) is 8.46. The van der Waals surface area contributed by atoms with Crippen LogP contribution in [0.3, 0.4) is 0 Å². The number of hydrogen-bond donors (Lipinski definition) is 0. The van der Waals surface area contributed by atoms with Crippen LogP contribution in [0.5, 0.6) is 0 Å². The smallest absolute Gasteiger partial charge is 0.207 e. The minimum atomic E-state index is -3.47. The summed E-state index contributed by atoms with van der Waals surface area (Å²) in [7, 11) is -3.47. The molecule has 5 heteroatoms. The first-order valence-electron chi connectivity index (χ1n) is 10.3. The summed E-state index contributed by atoms with van der Waals surface area (Å²) < 4.78 is 28.7. The molecule has 1 atom stereocenters. The van der Waals surface area contributed by atoms with E-state index in [1.807, 2.05) is 23.6 Å². The highest BCUT2D eigenvalue weighted by Gasteiger charge is 2.34. The number of benzene rings is 1. The van der Waals surface area contributed by atoms with Crippen molar-refractivity contribution in [1.82, 2.24) is 4.31 Å². The molecule has 1 aromatic heterocycles. The Morgan fingerprint density at radius 3 is 2.26 bits per heavy atom. The van der Waals surface area contributed by atoms with Crippen LogP contribution in [0.25, 0.3) is 0 Å². The van der Waals surface area contributed by atoms with Crippen LogP contribution in [0.4, 0.5) is 0 Å². The molecule has 0 radical (unpaired) electrons. The molecule has 0 spiro atoms. The Kier molecular flexibility index (Phi) is 6.00. The van der Waals surface area contributed by atoms with Gasteiger partial charge in [0.25, 0.3) is 0 Å². The van der Waals surface area contributed by atoms with Gasteiger partial charge in [-0.2, -0.15) is 4.31 Å². The first-order valence-corrected chi connectivity index (χ1v) is 12.6. The van der Waals surface area contributed by atoms with Crippen molar-refractivity contribution in [3.05, 3.63) is 52.2 Å². The van der Waals surface area contributed by atoms with E-state index in [0.717, 1.165) is 25.7 Å². The molecule has 0 N–H and O–H groups in total. The van der Waals surface area contributed by atoms with Crippen molar-refractivity contribution in [2.45, 2.75) is 74.6 Å². The Balaban J connectivity index is 1.60. The van der Waals surface area contributed by atoms with Crippen LogP contribution in [-0.2, 0) is 10.0 Å². The van der Waals surface area contributed by atoms with Gasteiger partial charge in [-0.3, -0.25) is 0 Å². The molecule has 2 fully saturated rings. The number of thiophene rings is 1. The summed E-state index contributed by atoms with van der Waals surface area (Å²) in [5.41, 5.74) is 1.30. The van der Waals surface area contributed by atoms with E-state index in [-0.39, 0.29) is 6.04 Å². The molecule has 1 saturated heterocycles. The molecule has 0 bridgehead atoms. The van der Waals surface area contributed by atoms with E-state index in [9.17, 15) is 8.42 Å². The quantitative estimate of drug-likeness (QED) is 0.618. The summed E-state index contributed by atoms with van der Waals surface area (Å²) in [6, 6.07) is 11.9. The molecule has 1 aromatic carbocycles. The Bertz CT molecular complexity index is 822. The van der Waals surface area contributed by atoms with Gasteiger partial charge in [-0.25, -0.2) is 8.42 Å². The van der Waals surface area contributed by atoms with Crippen molar-refractivity contribution in [2.24, 2.45) is 0 Å². The summed E-state index contributed by atoms with van der Waals surface area (Å²) in [5.74, 6) is 0.604. The zero-order valence-electron chi connectivity index (χ0n) is 15.8. The van der Waals surface area contributed by atoms with Crippen LogP contribution in [0.2, 0.25) is 0 Å². The SMILES string of the molecule is O=S(=O)(c1ccc(C2CCCCC2)cc1)N1CCCCC[C@@H]1c1cccs1.